The minimum atomic E-state index is -0.501. The first-order chi connectivity index (χ1) is 7.66. The van der Waals surface area contributed by atoms with Crippen molar-refractivity contribution >= 4 is 39.0 Å². The van der Waals surface area contributed by atoms with E-state index in [4.69, 9.17) is 11.6 Å². The lowest BCUT2D eigenvalue weighted by Gasteiger charge is -2.07. The number of aromatic nitrogens is 2. The number of nitrogens with one attached hydrogen (secondary N) is 1. The van der Waals surface area contributed by atoms with Crippen molar-refractivity contribution in [1.82, 2.24) is 9.97 Å². The molecule has 0 unspecified atom stereocenters. The van der Waals surface area contributed by atoms with Crippen LogP contribution in [0.25, 0.3) is 0 Å². The summed E-state index contributed by atoms with van der Waals surface area (Å²) in [5, 5.41) is 2.88. The molecule has 0 aliphatic heterocycles. The minimum absolute atomic E-state index is 0.0677. The number of hydrogen-bond donors (Lipinski definition) is 1. The van der Waals surface area contributed by atoms with Crippen LogP contribution in [-0.4, -0.2) is 9.97 Å². The van der Waals surface area contributed by atoms with Crippen LogP contribution in [0.2, 0.25) is 5.02 Å². The predicted octanol–water partition coefficient (Wildman–Crippen LogP) is 3.78. The fraction of sp³-hybridized carbons (Fsp3) is 0. The Kier molecular flexibility index (Phi) is 3.36. The molecule has 0 saturated carbocycles. The van der Waals surface area contributed by atoms with E-state index in [2.05, 4.69) is 31.2 Å². The molecule has 0 spiro atoms. The third kappa shape index (κ3) is 2.48. The molecule has 6 heteroatoms. The first-order valence-corrected chi connectivity index (χ1v) is 5.52. The number of hydrogen-bond acceptors (Lipinski definition) is 3. The molecule has 0 fully saturated rings. The van der Waals surface area contributed by atoms with Gasteiger partial charge in [-0.3, -0.25) is 0 Å². The SMILES string of the molecule is Fc1c(Cl)cccc1Nc1cc(Br)ncn1. The summed E-state index contributed by atoms with van der Waals surface area (Å²) in [4.78, 5) is 7.81. The zero-order chi connectivity index (χ0) is 11.5. The predicted molar refractivity (Wildman–Crippen MR) is 64.4 cm³/mol. The molecule has 82 valence electrons. The lowest BCUT2D eigenvalue weighted by molar-refractivity contribution is 0.632. The Bertz CT molecular complexity index is 521. The van der Waals surface area contributed by atoms with Crippen molar-refractivity contribution in [3.8, 4) is 0 Å². The van der Waals surface area contributed by atoms with E-state index in [1.165, 1.54) is 12.4 Å². The Hall–Kier alpha value is -1.20. The minimum Gasteiger partial charge on any atom is -0.338 e. The molecular formula is C10H6BrClFN3. The van der Waals surface area contributed by atoms with Gasteiger partial charge in [0, 0.05) is 6.07 Å². The molecule has 1 aromatic heterocycles. The quantitative estimate of drug-likeness (QED) is 0.858. The highest BCUT2D eigenvalue weighted by Gasteiger charge is 2.06. The summed E-state index contributed by atoms with van der Waals surface area (Å²) < 4.78 is 14.2. The van der Waals surface area contributed by atoms with Gasteiger partial charge in [-0.25, -0.2) is 14.4 Å². The van der Waals surface area contributed by atoms with Crippen LogP contribution in [0.4, 0.5) is 15.9 Å². The average molecular weight is 303 g/mol. The largest absolute Gasteiger partial charge is 0.338 e. The second kappa shape index (κ2) is 4.76. The highest BCUT2D eigenvalue weighted by molar-refractivity contribution is 9.10. The van der Waals surface area contributed by atoms with Gasteiger partial charge in [0.15, 0.2) is 5.82 Å². The van der Waals surface area contributed by atoms with Crippen LogP contribution in [-0.2, 0) is 0 Å². The molecule has 0 radical (unpaired) electrons. The molecule has 2 aromatic rings. The molecule has 0 amide bonds. The first-order valence-electron chi connectivity index (χ1n) is 4.35. The monoisotopic (exact) mass is 301 g/mol. The van der Waals surface area contributed by atoms with E-state index >= 15 is 0 Å². The van der Waals surface area contributed by atoms with E-state index < -0.39 is 5.82 Å². The molecular weight excluding hydrogens is 296 g/mol. The van der Waals surface area contributed by atoms with Crippen molar-refractivity contribution in [3.05, 3.63) is 46.0 Å². The third-order valence-electron chi connectivity index (χ3n) is 1.85. The summed E-state index contributed by atoms with van der Waals surface area (Å²) in [7, 11) is 0. The number of anilines is 2. The van der Waals surface area contributed by atoms with Gasteiger partial charge in [0.25, 0.3) is 0 Å². The normalized spacial score (nSPS) is 10.2. The van der Waals surface area contributed by atoms with Crippen molar-refractivity contribution in [3.63, 3.8) is 0 Å². The number of benzene rings is 1. The summed E-state index contributed by atoms with van der Waals surface area (Å²) in [6, 6.07) is 6.36. The lowest BCUT2D eigenvalue weighted by atomic mass is 10.3. The maximum atomic E-state index is 13.5. The van der Waals surface area contributed by atoms with Crippen LogP contribution in [0.1, 0.15) is 0 Å². The maximum Gasteiger partial charge on any atom is 0.165 e. The number of rotatable bonds is 2. The summed E-state index contributed by atoms with van der Waals surface area (Å²) in [5.74, 6) is -0.0121. The third-order valence-corrected chi connectivity index (χ3v) is 2.57. The molecule has 1 N–H and O–H groups in total. The van der Waals surface area contributed by atoms with Gasteiger partial charge in [0.05, 0.1) is 10.7 Å². The Labute approximate surface area is 105 Å². The second-order valence-electron chi connectivity index (χ2n) is 2.95. The molecule has 1 aromatic carbocycles. The Morgan fingerprint density at radius 1 is 1.31 bits per heavy atom. The fourth-order valence-corrected chi connectivity index (χ4v) is 1.62. The second-order valence-corrected chi connectivity index (χ2v) is 4.17. The van der Waals surface area contributed by atoms with Crippen LogP contribution in [0.5, 0.6) is 0 Å². The summed E-state index contributed by atoms with van der Waals surface area (Å²) >= 11 is 8.85. The van der Waals surface area contributed by atoms with E-state index in [1.54, 1.807) is 18.2 Å². The van der Waals surface area contributed by atoms with Crippen molar-refractivity contribution in [2.75, 3.05) is 5.32 Å². The Balaban J connectivity index is 2.31. The highest BCUT2D eigenvalue weighted by Crippen LogP contribution is 2.24. The van der Waals surface area contributed by atoms with Crippen LogP contribution in [0.3, 0.4) is 0 Å². The molecule has 0 saturated heterocycles. The Morgan fingerprint density at radius 3 is 2.88 bits per heavy atom. The maximum absolute atomic E-state index is 13.5. The van der Waals surface area contributed by atoms with E-state index in [9.17, 15) is 4.39 Å². The first kappa shape index (κ1) is 11.3. The van der Waals surface area contributed by atoms with Gasteiger partial charge in [-0.15, -0.1) is 0 Å². The number of nitrogens with zero attached hydrogens (tertiary/aromatic N) is 2. The molecule has 1 heterocycles. The molecule has 2 rings (SSSR count). The Morgan fingerprint density at radius 2 is 2.12 bits per heavy atom. The molecule has 16 heavy (non-hydrogen) atoms. The van der Waals surface area contributed by atoms with E-state index in [-0.39, 0.29) is 10.7 Å². The topological polar surface area (TPSA) is 37.8 Å². The molecule has 0 bridgehead atoms. The zero-order valence-corrected chi connectivity index (χ0v) is 10.3. The van der Waals surface area contributed by atoms with Gasteiger partial charge in [-0.05, 0) is 28.1 Å². The molecule has 3 nitrogen and oxygen atoms in total. The van der Waals surface area contributed by atoms with Gasteiger partial charge >= 0.3 is 0 Å². The van der Waals surface area contributed by atoms with Gasteiger partial charge < -0.3 is 5.32 Å². The van der Waals surface area contributed by atoms with Gasteiger partial charge in [0.1, 0.15) is 16.7 Å². The summed E-state index contributed by atoms with van der Waals surface area (Å²) in [5.41, 5.74) is 0.276. The van der Waals surface area contributed by atoms with Gasteiger partial charge in [-0.1, -0.05) is 17.7 Å². The fourth-order valence-electron chi connectivity index (χ4n) is 1.14. The van der Waals surface area contributed by atoms with Crippen molar-refractivity contribution in [1.29, 1.82) is 0 Å². The molecule has 0 aliphatic carbocycles. The zero-order valence-electron chi connectivity index (χ0n) is 7.92. The smallest absolute Gasteiger partial charge is 0.165 e. The van der Waals surface area contributed by atoms with Crippen LogP contribution in [0, 0.1) is 5.82 Å². The average Bonchev–Trinajstić information content (AvgIpc) is 2.25. The summed E-state index contributed by atoms with van der Waals surface area (Å²) in [6.45, 7) is 0. The highest BCUT2D eigenvalue weighted by atomic mass is 79.9. The molecule has 0 atom stereocenters. The molecule has 0 aliphatic rings. The standard InChI is InChI=1S/C10H6BrClFN3/c11-8-4-9(15-5-14-8)16-7-3-1-2-6(12)10(7)13/h1-5H,(H,14,15,16). The van der Waals surface area contributed by atoms with Crippen molar-refractivity contribution in [2.45, 2.75) is 0 Å². The van der Waals surface area contributed by atoms with Crippen molar-refractivity contribution < 1.29 is 4.39 Å². The van der Waals surface area contributed by atoms with Crippen molar-refractivity contribution in [2.24, 2.45) is 0 Å². The van der Waals surface area contributed by atoms with Gasteiger partial charge in [0.2, 0.25) is 0 Å². The lowest BCUT2D eigenvalue weighted by Crippen LogP contribution is -1.97. The van der Waals surface area contributed by atoms with Crippen LogP contribution in [0.15, 0.2) is 35.2 Å². The number of halogens is 3. The summed E-state index contributed by atoms with van der Waals surface area (Å²) in [6.07, 6.45) is 1.37. The van der Waals surface area contributed by atoms with Crippen LogP contribution >= 0.6 is 27.5 Å². The van der Waals surface area contributed by atoms with E-state index in [0.717, 1.165) is 0 Å². The van der Waals surface area contributed by atoms with Gasteiger partial charge in [-0.2, -0.15) is 0 Å². The van der Waals surface area contributed by atoms with E-state index in [1.807, 2.05) is 0 Å². The van der Waals surface area contributed by atoms with Crippen LogP contribution < -0.4 is 5.32 Å². The van der Waals surface area contributed by atoms with E-state index in [0.29, 0.717) is 10.4 Å².